The van der Waals surface area contributed by atoms with E-state index >= 15 is 0 Å². The summed E-state index contributed by atoms with van der Waals surface area (Å²) in [4.78, 5) is 2.23. The van der Waals surface area contributed by atoms with Crippen molar-refractivity contribution >= 4 is 0 Å². The van der Waals surface area contributed by atoms with Gasteiger partial charge in [0.2, 0.25) is 0 Å². The van der Waals surface area contributed by atoms with Gasteiger partial charge in [-0.2, -0.15) is 0 Å². The number of β-amino-alcohol motifs (C(OH)–C–C–N with tert-alkyl or cyclic N) is 1. The van der Waals surface area contributed by atoms with Gasteiger partial charge in [-0.05, 0) is 50.6 Å². The van der Waals surface area contributed by atoms with Crippen LogP contribution in [0.4, 0.5) is 8.78 Å². The van der Waals surface area contributed by atoms with E-state index in [4.69, 9.17) is 0 Å². The molecule has 2 rings (SSSR count). The van der Waals surface area contributed by atoms with E-state index in [1.165, 1.54) is 25.0 Å². The molecule has 1 aromatic carbocycles. The van der Waals surface area contributed by atoms with Gasteiger partial charge in [0.25, 0.3) is 0 Å². The minimum Gasteiger partial charge on any atom is -0.390 e. The van der Waals surface area contributed by atoms with Crippen molar-refractivity contribution in [1.29, 1.82) is 0 Å². The maximum absolute atomic E-state index is 13.1. The molecule has 1 fully saturated rings. The second-order valence-corrected chi connectivity index (χ2v) is 5.49. The molecule has 2 N–H and O–H groups in total. The van der Waals surface area contributed by atoms with Gasteiger partial charge in [-0.15, -0.1) is 0 Å². The van der Waals surface area contributed by atoms with Crippen molar-refractivity contribution in [2.75, 3.05) is 26.2 Å². The van der Waals surface area contributed by atoms with Crippen LogP contribution in [0.5, 0.6) is 0 Å². The minimum absolute atomic E-state index is 0.201. The van der Waals surface area contributed by atoms with Gasteiger partial charge in [0.1, 0.15) is 11.6 Å². The lowest BCUT2D eigenvalue weighted by molar-refractivity contribution is 0.121. The van der Waals surface area contributed by atoms with E-state index < -0.39 is 17.7 Å². The molecule has 0 spiro atoms. The average Bonchev–Trinajstić information content (AvgIpc) is 2.87. The third kappa shape index (κ3) is 4.51. The van der Waals surface area contributed by atoms with Crippen LogP contribution in [0.3, 0.4) is 0 Å². The molecule has 0 aliphatic carbocycles. The summed E-state index contributed by atoms with van der Waals surface area (Å²) < 4.78 is 26.3. The van der Waals surface area contributed by atoms with Crippen molar-refractivity contribution in [2.45, 2.75) is 31.9 Å². The summed E-state index contributed by atoms with van der Waals surface area (Å²) in [5.74, 6) is -1.16. The summed E-state index contributed by atoms with van der Waals surface area (Å²) in [5, 5.41) is 13.1. The fourth-order valence-corrected chi connectivity index (χ4v) is 2.58. The first kappa shape index (κ1) is 15.4. The molecule has 5 heteroatoms. The zero-order valence-electron chi connectivity index (χ0n) is 11.8. The quantitative estimate of drug-likeness (QED) is 0.839. The van der Waals surface area contributed by atoms with E-state index in [1.54, 1.807) is 0 Å². The van der Waals surface area contributed by atoms with Crippen LogP contribution < -0.4 is 5.32 Å². The molecule has 0 amide bonds. The van der Waals surface area contributed by atoms with E-state index in [-0.39, 0.29) is 6.04 Å². The van der Waals surface area contributed by atoms with Gasteiger partial charge in [-0.25, -0.2) is 8.78 Å². The molecule has 1 aliphatic heterocycles. The van der Waals surface area contributed by atoms with Gasteiger partial charge in [0, 0.05) is 25.2 Å². The standard InChI is InChI=1S/C15H22F2N2O/c1-11(12-6-13(16)8-14(17)7-12)18-9-15(20)10-19-4-2-3-5-19/h6-8,11,15,18,20H,2-5,9-10H2,1H3. The lowest BCUT2D eigenvalue weighted by Crippen LogP contribution is -2.37. The maximum atomic E-state index is 13.1. The lowest BCUT2D eigenvalue weighted by Gasteiger charge is -2.22. The van der Waals surface area contributed by atoms with Gasteiger partial charge < -0.3 is 15.3 Å². The Morgan fingerprint density at radius 3 is 2.40 bits per heavy atom. The molecule has 0 saturated carbocycles. The number of hydrogen-bond acceptors (Lipinski definition) is 3. The molecule has 2 unspecified atom stereocenters. The van der Waals surface area contributed by atoms with Gasteiger partial charge in [0.05, 0.1) is 6.10 Å². The number of nitrogens with one attached hydrogen (secondary N) is 1. The fraction of sp³-hybridized carbons (Fsp3) is 0.600. The van der Waals surface area contributed by atoms with Crippen molar-refractivity contribution in [3.8, 4) is 0 Å². The Bertz CT molecular complexity index is 416. The second-order valence-electron chi connectivity index (χ2n) is 5.49. The van der Waals surface area contributed by atoms with E-state index in [2.05, 4.69) is 10.2 Å². The summed E-state index contributed by atoms with van der Waals surface area (Å²) in [5.41, 5.74) is 0.552. The molecular weight excluding hydrogens is 262 g/mol. The molecule has 1 saturated heterocycles. The Labute approximate surface area is 118 Å². The molecule has 0 radical (unpaired) electrons. The monoisotopic (exact) mass is 284 g/mol. The first-order chi connectivity index (χ1) is 9.54. The Hall–Kier alpha value is -1.04. The number of likely N-dealkylation sites (tertiary alicyclic amines) is 1. The summed E-state index contributed by atoms with van der Waals surface area (Å²) in [7, 11) is 0. The zero-order valence-corrected chi connectivity index (χ0v) is 11.8. The third-order valence-electron chi connectivity index (χ3n) is 3.71. The van der Waals surface area contributed by atoms with Crippen molar-refractivity contribution in [3.05, 3.63) is 35.4 Å². The molecule has 20 heavy (non-hydrogen) atoms. The number of hydrogen-bond donors (Lipinski definition) is 2. The molecule has 3 nitrogen and oxygen atoms in total. The summed E-state index contributed by atoms with van der Waals surface area (Å²) in [6.07, 6.45) is 1.92. The number of aliphatic hydroxyl groups excluding tert-OH is 1. The predicted octanol–water partition coefficient (Wildman–Crippen LogP) is 2.07. The lowest BCUT2D eigenvalue weighted by atomic mass is 10.1. The Morgan fingerprint density at radius 2 is 1.80 bits per heavy atom. The van der Waals surface area contributed by atoms with Crippen LogP contribution in [0, 0.1) is 11.6 Å². The highest BCUT2D eigenvalue weighted by Crippen LogP contribution is 2.16. The highest BCUT2D eigenvalue weighted by molar-refractivity contribution is 5.20. The fourth-order valence-electron chi connectivity index (χ4n) is 2.58. The van der Waals surface area contributed by atoms with Crippen LogP contribution in [0.25, 0.3) is 0 Å². The largest absolute Gasteiger partial charge is 0.390 e. The van der Waals surface area contributed by atoms with Crippen LogP contribution in [0.1, 0.15) is 31.4 Å². The highest BCUT2D eigenvalue weighted by atomic mass is 19.1. The molecule has 1 aromatic rings. The molecule has 1 heterocycles. The highest BCUT2D eigenvalue weighted by Gasteiger charge is 2.16. The average molecular weight is 284 g/mol. The number of nitrogens with zero attached hydrogens (tertiary/aromatic N) is 1. The number of aliphatic hydroxyl groups is 1. The molecule has 112 valence electrons. The first-order valence-electron chi connectivity index (χ1n) is 7.14. The second kappa shape index (κ2) is 7.11. The van der Waals surface area contributed by atoms with Crippen molar-refractivity contribution in [3.63, 3.8) is 0 Å². The van der Waals surface area contributed by atoms with Gasteiger partial charge in [-0.3, -0.25) is 0 Å². The Kier molecular flexibility index (Phi) is 5.46. The molecule has 1 aliphatic rings. The minimum atomic E-state index is -0.578. The van der Waals surface area contributed by atoms with Crippen LogP contribution in [-0.4, -0.2) is 42.3 Å². The smallest absolute Gasteiger partial charge is 0.126 e. The van der Waals surface area contributed by atoms with E-state index in [0.29, 0.717) is 18.7 Å². The molecule has 0 bridgehead atoms. The summed E-state index contributed by atoms with van der Waals surface area (Å²) in [6.45, 7) is 4.98. The first-order valence-corrected chi connectivity index (χ1v) is 7.14. The maximum Gasteiger partial charge on any atom is 0.126 e. The van der Waals surface area contributed by atoms with Crippen molar-refractivity contribution < 1.29 is 13.9 Å². The number of benzene rings is 1. The SMILES string of the molecule is CC(NCC(O)CN1CCCC1)c1cc(F)cc(F)c1. The predicted molar refractivity (Wildman–Crippen MR) is 74.5 cm³/mol. The van der Waals surface area contributed by atoms with Crippen LogP contribution in [0.15, 0.2) is 18.2 Å². The van der Waals surface area contributed by atoms with E-state index in [1.807, 2.05) is 6.92 Å². The zero-order chi connectivity index (χ0) is 14.5. The molecular formula is C15H22F2N2O. The van der Waals surface area contributed by atoms with Crippen molar-refractivity contribution in [2.24, 2.45) is 0 Å². The normalized spacial score (nSPS) is 19.2. The Balaban J connectivity index is 1.80. The molecule has 0 aromatic heterocycles. The van der Waals surface area contributed by atoms with Crippen LogP contribution in [0.2, 0.25) is 0 Å². The van der Waals surface area contributed by atoms with Gasteiger partial charge in [0.15, 0.2) is 0 Å². The van der Waals surface area contributed by atoms with Crippen LogP contribution >= 0.6 is 0 Å². The Morgan fingerprint density at radius 1 is 1.20 bits per heavy atom. The van der Waals surface area contributed by atoms with E-state index in [0.717, 1.165) is 19.2 Å². The summed E-state index contributed by atoms with van der Waals surface area (Å²) >= 11 is 0. The number of halogens is 2. The third-order valence-corrected chi connectivity index (χ3v) is 3.71. The topological polar surface area (TPSA) is 35.5 Å². The van der Waals surface area contributed by atoms with Gasteiger partial charge in [-0.1, -0.05) is 0 Å². The van der Waals surface area contributed by atoms with Crippen molar-refractivity contribution in [1.82, 2.24) is 10.2 Å². The number of rotatable bonds is 6. The molecule has 2 atom stereocenters. The summed E-state index contributed by atoms with van der Waals surface area (Å²) in [6, 6.07) is 3.29. The van der Waals surface area contributed by atoms with Gasteiger partial charge >= 0.3 is 0 Å². The van der Waals surface area contributed by atoms with E-state index in [9.17, 15) is 13.9 Å². The van der Waals surface area contributed by atoms with Crippen LogP contribution in [-0.2, 0) is 0 Å².